The summed E-state index contributed by atoms with van der Waals surface area (Å²) in [6, 6.07) is 10.5. The Kier molecular flexibility index (Phi) is 5.93. The Morgan fingerprint density at radius 3 is 2.58 bits per heavy atom. The summed E-state index contributed by atoms with van der Waals surface area (Å²) in [6.07, 6.45) is 0. The van der Waals surface area contributed by atoms with Crippen molar-refractivity contribution < 1.29 is 14.0 Å². The van der Waals surface area contributed by atoms with E-state index in [2.05, 4.69) is 10.6 Å². The lowest BCUT2D eigenvalue weighted by atomic mass is 10.1. The largest absolute Gasteiger partial charge is 0.350 e. The van der Waals surface area contributed by atoms with E-state index in [9.17, 15) is 14.0 Å². The molecule has 2 rings (SSSR count). The van der Waals surface area contributed by atoms with E-state index >= 15 is 0 Å². The van der Waals surface area contributed by atoms with Crippen LogP contribution in [0.15, 0.2) is 42.5 Å². The molecule has 2 aromatic carbocycles. The molecule has 0 saturated carbocycles. The zero-order valence-electron chi connectivity index (χ0n) is 13.4. The zero-order valence-corrected chi connectivity index (χ0v) is 14.2. The van der Waals surface area contributed by atoms with Gasteiger partial charge in [-0.25, -0.2) is 4.39 Å². The van der Waals surface area contributed by atoms with E-state index in [1.807, 2.05) is 0 Å². The molecular weight excluding hydrogens is 331 g/mol. The summed E-state index contributed by atoms with van der Waals surface area (Å²) >= 11 is 5.96. The van der Waals surface area contributed by atoms with Crippen LogP contribution in [0.3, 0.4) is 0 Å². The fraction of sp³-hybridized carbons (Fsp3) is 0.222. The molecule has 0 radical (unpaired) electrons. The number of amides is 2. The van der Waals surface area contributed by atoms with E-state index in [1.54, 1.807) is 50.2 Å². The van der Waals surface area contributed by atoms with Gasteiger partial charge in [0.15, 0.2) is 0 Å². The maximum atomic E-state index is 13.2. The summed E-state index contributed by atoms with van der Waals surface area (Å²) in [5.41, 5.74) is 1.61. The van der Waals surface area contributed by atoms with Crippen LogP contribution in [-0.2, 0) is 11.3 Å². The van der Waals surface area contributed by atoms with Crippen molar-refractivity contribution in [2.24, 2.45) is 0 Å². The lowest BCUT2D eigenvalue weighted by Gasteiger charge is -2.15. The Labute approximate surface area is 145 Å². The van der Waals surface area contributed by atoms with E-state index < -0.39 is 11.9 Å². The summed E-state index contributed by atoms with van der Waals surface area (Å²) in [4.78, 5) is 24.2. The first-order valence-electron chi connectivity index (χ1n) is 7.46. The Balaban J connectivity index is 1.91. The lowest BCUT2D eigenvalue weighted by Crippen LogP contribution is -2.44. The lowest BCUT2D eigenvalue weighted by molar-refractivity contribution is -0.122. The number of benzene rings is 2. The molecule has 0 bridgehead atoms. The first-order valence-corrected chi connectivity index (χ1v) is 7.84. The van der Waals surface area contributed by atoms with Crippen LogP contribution in [0, 0.1) is 12.7 Å². The van der Waals surface area contributed by atoms with Crippen molar-refractivity contribution in [1.29, 1.82) is 0 Å². The van der Waals surface area contributed by atoms with Crippen molar-refractivity contribution in [1.82, 2.24) is 10.6 Å². The number of hydrogen-bond acceptors (Lipinski definition) is 2. The van der Waals surface area contributed by atoms with Crippen LogP contribution < -0.4 is 10.6 Å². The van der Waals surface area contributed by atoms with Crippen molar-refractivity contribution in [3.05, 3.63) is 70.0 Å². The summed E-state index contributed by atoms with van der Waals surface area (Å²) < 4.78 is 13.2. The Morgan fingerprint density at radius 1 is 1.21 bits per heavy atom. The number of carbonyl (C=O) groups excluding carboxylic acids is 2. The van der Waals surface area contributed by atoms with Gasteiger partial charge in [-0.1, -0.05) is 35.9 Å². The molecule has 2 N–H and O–H groups in total. The van der Waals surface area contributed by atoms with Crippen LogP contribution in [0.2, 0.25) is 5.02 Å². The molecule has 6 heteroatoms. The molecule has 0 saturated heterocycles. The van der Waals surface area contributed by atoms with Crippen molar-refractivity contribution in [2.45, 2.75) is 26.4 Å². The van der Waals surface area contributed by atoms with Gasteiger partial charge in [-0.3, -0.25) is 9.59 Å². The van der Waals surface area contributed by atoms with Crippen molar-refractivity contribution in [2.75, 3.05) is 0 Å². The second-order valence-corrected chi connectivity index (χ2v) is 5.88. The average Bonchev–Trinajstić information content (AvgIpc) is 2.55. The normalized spacial score (nSPS) is 11.7. The molecule has 0 aromatic heterocycles. The predicted octanol–water partition coefficient (Wildman–Crippen LogP) is 3.22. The van der Waals surface area contributed by atoms with Gasteiger partial charge < -0.3 is 10.6 Å². The third-order valence-corrected chi connectivity index (χ3v) is 3.88. The van der Waals surface area contributed by atoms with E-state index in [-0.39, 0.29) is 18.3 Å². The predicted molar refractivity (Wildman–Crippen MR) is 91.4 cm³/mol. The number of hydrogen-bond donors (Lipinski definition) is 2. The minimum absolute atomic E-state index is 0.256. The highest BCUT2D eigenvalue weighted by Gasteiger charge is 2.17. The molecule has 0 heterocycles. The number of aryl methyl sites for hydroxylation is 1. The van der Waals surface area contributed by atoms with Gasteiger partial charge in [0, 0.05) is 6.54 Å². The molecule has 126 valence electrons. The minimum Gasteiger partial charge on any atom is -0.350 e. The van der Waals surface area contributed by atoms with E-state index in [0.717, 1.165) is 5.56 Å². The molecule has 0 aliphatic carbocycles. The van der Waals surface area contributed by atoms with Crippen LogP contribution in [0.25, 0.3) is 0 Å². The summed E-state index contributed by atoms with van der Waals surface area (Å²) in [7, 11) is 0. The van der Waals surface area contributed by atoms with Crippen LogP contribution >= 0.6 is 11.6 Å². The third-order valence-electron chi connectivity index (χ3n) is 3.55. The highest BCUT2D eigenvalue weighted by Crippen LogP contribution is 2.14. The molecule has 0 spiro atoms. The first-order chi connectivity index (χ1) is 11.4. The quantitative estimate of drug-likeness (QED) is 0.871. The van der Waals surface area contributed by atoms with Gasteiger partial charge in [-0.15, -0.1) is 0 Å². The molecule has 0 fully saturated rings. The van der Waals surface area contributed by atoms with Crippen molar-refractivity contribution in [3.63, 3.8) is 0 Å². The number of halogens is 2. The molecule has 2 amide bonds. The Hall–Kier alpha value is -2.40. The number of carbonyl (C=O) groups is 2. The van der Waals surface area contributed by atoms with Gasteiger partial charge in [0.25, 0.3) is 5.91 Å². The second kappa shape index (κ2) is 7.93. The van der Waals surface area contributed by atoms with Gasteiger partial charge in [0.05, 0.1) is 10.6 Å². The van der Waals surface area contributed by atoms with E-state index in [0.29, 0.717) is 16.1 Å². The first kappa shape index (κ1) is 17.9. The van der Waals surface area contributed by atoms with Gasteiger partial charge >= 0.3 is 0 Å². The molecular formula is C18H18ClFN2O2. The summed E-state index contributed by atoms with van der Waals surface area (Å²) in [6.45, 7) is 3.50. The maximum absolute atomic E-state index is 13.2. The topological polar surface area (TPSA) is 58.2 Å². The highest BCUT2D eigenvalue weighted by atomic mass is 35.5. The van der Waals surface area contributed by atoms with Gasteiger partial charge in [0.1, 0.15) is 11.9 Å². The van der Waals surface area contributed by atoms with Crippen LogP contribution in [0.4, 0.5) is 4.39 Å². The molecule has 4 nitrogen and oxygen atoms in total. The molecule has 0 unspecified atom stereocenters. The van der Waals surface area contributed by atoms with Gasteiger partial charge in [-0.2, -0.15) is 0 Å². The Morgan fingerprint density at radius 2 is 1.92 bits per heavy atom. The minimum atomic E-state index is -0.727. The smallest absolute Gasteiger partial charge is 0.253 e. The van der Waals surface area contributed by atoms with Crippen LogP contribution in [0.5, 0.6) is 0 Å². The van der Waals surface area contributed by atoms with Crippen LogP contribution in [0.1, 0.15) is 28.4 Å². The standard InChI is InChI=1S/C18H18ClFN2O2/c1-11-9-13(7-8-16(11)20)10-21-17(23)12(2)22-18(24)14-5-3-4-6-15(14)19/h3-9,12H,10H2,1-2H3,(H,21,23)(H,22,24)/t12-/m0/s1. The monoisotopic (exact) mass is 348 g/mol. The summed E-state index contributed by atoms with van der Waals surface area (Å²) in [5, 5.41) is 5.63. The fourth-order valence-electron chi connectivity index (χ4n) is 2.14. The molecule has 0 aliphatic heterocycles. The van der Waals surface area contributed by atoms with E-state index in [4.69, 9.17) is 11.6 Å². The fourth-order valence-corrected chi connectivity index (χ4v) is 2.37. The third kappa shape index (κ3) is 4.55. The molecule has 0 aliphatic rings. The Bertz CT molecular complexity index is 764. The number of rotatable bonds is 5. The van der Waals surface area contributed by atoms with Gasteiger partial charge in [0.2, 0.25) is 5.91 Å². The SMILES string of the molecule is Cc1cc(CNC(=O)[C@H](C)NC(=O)c2ccccc2Cl)ccc1F. The van der Waals surface area contributed by atoms with Gasteiger partial charge in [-0.05, 0) is 43.2 Å². The zero-order chi connectivity index (χ0) is 17.7. The molecule has 24 heavy (non-hydrogen) atoms. The van der Waals surface area contributed by atoms with Crippen molar-refractivity contribution >= 4 is 23.4 Å². The average molecular weight is 349 g/mol. The molecule has 2 aromatic rings. The summed E-state index contributed by atoms with van der Waals surface area (Å²) in [5.74, 6) is -1.04. The van der Waals surface area contributed by atoms with Crippen molar-refractivity contribution in [3.8, 4) is 0 Å². The second-order valence-electron chi connectivity index (χ2n) is 5.48. The maximum Gasteiger partial charge on any atom is 0.253 e. The molecule has 1 atom stereocenters. The van der Waals surface area contributed by atoms with E-state index in [1.165, 1.54) is 6.07 Å². The highest BCUT2D eigenvalue weighted by molar-refractivity contribution is 6.33. The van der Waals surface area contributed by atoms with Crippen LogP contribution in [-0.4, -0.2) is 17.9 Å². The number of nitrogens with one attached hydrogen (secondary N) is 2.